The van der Waals surface area contributed by atoms with Gasteiger partial charge in [0.2, 0.25) is 0 Å². The molecule has 1 saturated heterocycles. The first-order valence-corrected chi connectivity index (χ1v) is 13.4. The van der Waals surface area contributed by atoms with Gasteiger partial charge < -0.3 is 9.64 Å². The van der Waals surface area contributed by atoms with E-state index < -0.39 is 12.9 Å². The molecule has 0 aliphatic carbocycles. The minimum absolute atomic E-state index is 0.192. The molecule has 1 heterocycles. The predicted octanol–water partition coefficient (Wildman–Crippen LogP) is 5.24. The molecule has 32 heavy (non-hydrogen) atoms. The van der Waals surface area contributed by atoms with Crippen LogP contribution in [0.2, 0.25) is 0 Å². The molecular formula is C28H33NO2P+. The zero-order valence-corrected chi connectivity index (χ0v) is 20.2. The Morgan fingerprint density at radius 1 is 0.844 bits per heavy atom. The van der Waals surface area contributed by atoms with Crippen LogP contribution in [-0.4, -0.2) is 35.8 Å². The molecule has 4 heteroatoms. The van der Waals surface area contributed by atoms with E-state index in [2.05, 4.69) is 91.0 Å². The maximum Gasteiger partial charge on any atom is 0.410 e. The number of likely N-dealkylation sites (tertiary alicyclic amines) is 1. The zero-order chi connectivity index (χ0) is 22.6. The fourth-order valence-electron chi connectivity index (χ4n) is 4.67. The fourth-order valence-corrected chi connectivity index (χ4v) is 9.31. The molecule has 0 N–H and O–H groups in total. The molecule has 0 bridgehead atoms. The van der Waals surface area contributed by atoms with Crippen LogP contribution in [0.15, 0.2) is 91.0 Å². The van der Waals surface area contributed by atoms with Crippen LogP contribution < -0.4 is 15.9 Å². The SMILES string of the molecule is CC(C)(C)OC(=O)N1CC[C@@H](C[P+](c2ccccc2)(c2ccccc2)c2ccccc2)C1. The highest BCUT2D eigenvalue weighted by atomic mass is 31.2. The van der Waals surface area contributed by atoms with Crippen molar-refractivity contribution in [3.63, 3.8) is 0 Å². The smallest absolute Gasteiger partial charge is 0.410 e. The van der Waals surface area contributed by atoms with E-state index >= 15 is 0 Å². The molecular weight excluding hydrogens is 413 g/mol. The topological polar surface area (TPSA) is 29.5 Å². The van der Waals surface area contributed by atoms with Crippen LogP contribution >= 0.6 is 7.26 Å². The van der Waals surface area contributed by atoms with Crippen molar-refractivity contribution in [3.05, 3.63) is 91.0 Å². The number of carbonyl (C=O) groups is 1. The first-order chi connectivity index (χ1) is 15.4. The number of hydrogen-bond donors (Lipinski definition) is 0. The van der Waals surface area contributed by atoms with Crippen LogP contribution in [0.5, 0.6) is 0 Å². The van der Waals surface area contributed by atoms with Gasteiger partial charge in [0.25, 0.3) is 0 Å². The van der Waals surface area contributed by atoms with Gasteiger partial charge in [-0.1, -0.05) is 54.6 Å². The molecule has 1 aliphatic rings. The molecule has 1 aliphatic heterocycles. The van der Waals surface area contributed by atoms with Crippen molar-refractivity contribution in [1.29, 1.82) is 0 Å². The van der Waals surface area contributed by atoms with Crippen molar-refractivity contribution in [1.82, 2.24) is 4.90 Å². The summed E-state index contributed by atoms with van der Waals surface area (Å²) in [5, 5.41) is 4.19. The first-order valence-electron chi connectivity index (χ1n) is 11.4. The van der Waals surface area contributed by atoms with Gasteiger partial charge in [-0.2, -0.15) is 0 Å². The number of hydrogen-bond acceptors (Lipinski definition) is 2. The lowest BCUT2D eigenvalue weighted by atomic mass is 10.2. The second kappa shape index (κ2) is 9.46. The third kappa shape index (κ3) is 4.89. The number of ether oxygens (including phenoxy) is 1. The molecule has 0 radical (unpaired) electrons. The average Bonchev–Trinajstić information content (AvgIpc) is 3.27. The molecule has 3 aromatic carbocycles. The molecule has 0 saturated carbocycles. The average molecular weight is 447 g/mol. The number of rotatable bonds is 5. The van der Waals surface area contributed by atoms with E-state index in [0.717, 1.165) is 25.7 Å². The van der Waals surface area contributed by atoms with Crippen LogP contribution in [-0.2, 0) is 4.74 Å². The minimum atomic E-state index is -1.88. The summed E-state index contributed by atoms with van der Waals surface area (Å²) in [6.07, 6.45) is 1.86. The van der Waals surface area contributed by atoms with E-state index in [9.17, 15) is 4.79 Å². The van der Waals surface area contributed by atoms with Gasteiger partial charge in [-0.25, -0.2) is 4.79 Å². The Balaban J connectivity index is 1.72. The van der Waals surface area contributed by atoms with Crippen molar-refractivity contribution in [3.8, 4) is 0 Å². The summed E-state index contributed by atoms with van der Waals surface area (Å²) in [4.78, 5) is 14.6. The molecule has 0 spiro atoms. The molecule has 166 valence electrons. The van der Waals surface area contributed by atoms with Gasteiger partial charge in [-0.15, -0.1) is 0 Å². The van der Waals surface area contributed by atoms with E-state index in [0.29, 0.717) is 5.92 Å². The lowest BCUT2D eigenvalue weighted by Gasteiger charge is -2.30. The number of nitrogens with zero attached hydrogens (tertiary/aromatic N) is 1. The summed E-state index contributed by atoms with van der Waals surface area (Å²) in [6, 6.07) is 32.9. The summed E-state index contributed by atoms with van der Waals surface area (Å²) in [7, 11) is -1.88. The van der Waals surface area contributed by atoms with Crippen molar-refractivity contribution in [2.75, 3.05) is 19.3 Å². The molecule has 1 atom stereocenters. The Morgan fingerprint density at radius 2 is 1.28 bits per heavy atom. The van der Waals surface area contributed by atoms with Gasteiger partial charge in [-0.3, -0.25) is 0 Å². The molecule has 4 rings (SSSR count). The van der Waals surface area contributed by atoms with E-state index in [1.165, 1.54) is 15.9 Å². The Hall–Kier alpha value is -2.64. The third-order valence-electron chi connectivity index (χ3n) is 6.06. The minimum Gasteiger partial charge on any atom is -0.444 e. The quantitative estimate of drug-likeness (QED) is 0.502. The van der Waals surface area contributed by atoms with Gasteiger partial charge in [0.15, 0.2) is 0 Å². The summed E-state index contributed by atoms with van der Waals surface area (Å²) in [6.45, 7) is 7.29. The lowest BCUT2D eigenvalue weighted by Crippen LogP contribution is -2.38. The van der Waals surface area contributed by atoms with E-state index in [4.69, 9.17) is 4.74 Å². The second-order valence-electron chi connectivity index (χ2n) is 9.58. The standard InChI is InChI=1S/C28H33NO2P/c1-28(2,3)31-27(30)29-20-19-23(21-29)22-32(24-13-7-4-8-14-24,25-15-9-5-10-16-25)26-17-11-6-12-18-26/h4-18,23H,19-22H2,1-3H3/q+1/t23-/m1/s1. The second-order valence-corrected chi connectivity index (χ2v) is 13.1. The van der Waals surface area contributed by atoms with Crippen molar-refractivity contribution < 1.29 is 9.53 Å². The van der Waals surface area contributed by atoms with E-state index in [1.54, 1.807) is 0 Å². The maximum absolute atomic E-state index is 12.7. The van der Waals surface area contributed by atoms with Gasteiger partial charge in [0.1, 0.15) is 28.8 Å². The largest absolute Gasteiger partial charge is 0.444 e. The number of benzene rings is 3. The highest BCUT2D eigenvalue weighted by Gasteiger charge is 2.48. The fraction of sp³-hybridized carbons (Fsp3) is 0.321. The summed E-state index contributed by atoms with van der Waals surface area (Å²) < 4.78 is 5.65. The van der Waals surface area contributed by atoms with Gasteiger partial charge in [0, 0.05) is 19.0 Å². The molecule has 0 unspecified atom stereocenters. The number of carbonyl (C=O) groups excluding carboxylic acids is 1. The van der Waals surface area contributed by atoms with Crippen molar-refractivity contribution in [2.24, 2.45) is 5.92 Å². The summed E-state index contributed by atoms with van der Waals surface area (Å²) in [5.41, 5.74) is -0.468. The Labute approximate surface area is 192 Å². The van der Waals surface area contributed by atoms with Gasteiger partial charge >= 0.3 is 6.09 Å². The maximum atomic E-state index is 12.7. The Kier molecular flexibility index (Phi) is 6.67. The predicted molar refractivity (Wildman–Crippen MR) is 136 cm³/mol. The summed E-state index contributed by atoms with van der Waals surface area (Å²) in [5.74, 6) is 0.427. The Bertz CT molecular complexity index is 919. The van der Waals surface area contributed by atoms with E-state index in [-0.39, 0.29) is 6.09 Å². The normalized spacial score (nSPS) is 16.7. The first kappa shape index (κ1) is 22.6. The van der Waals surface area contributed by atoms with E-state index in [1.807, 2.05) is 25.7 Å². The third-order valence-corrected chi connectivity index (χ3v) is 10.7. The van der Waals surface area contributed by atoms with Crippen LogP contribution in [0.3, 0.4) is 0 Å². The van der Waals surface area contributed by atoms with Gasteiger partial charge in [-0.05, 0) is 63.6 Å². The number of amides is 1. The van der Waals surface area contributed by atoms with Crippen molar-refractivity contribution >= 4 is 29.3 Å². The van der Waals surface area contributed by atoms with Crippen LogP contribution in [0, 0.1) is 5.92 Å². The molecule has 1 fully saturated rings. The highest BCUT2D eigenvalue weighted by molar-refractivity contribution is 7.95. The van der Waals surface area contributed by atoms with Gasteiger partial charge in [0.05, 0.1) is 6.16 Å². The summed E-state index contributed by atoms with van der Waals surface area (Å²) >= 11 is 0. The molecule has 1 amide bonds. The molecule has 0 aromatic heterocycles. The lowest BCUT2D eigenvalue weighted by molar-refractivity contribution is 0.0289. The monoisotopic (exact) mass is 446 g/mol. The van der Waals surface area contributed by atoms with Crippen molar-refractivity contribution in [2.45, 2.75) is 32.8 Å². The highest BCUT2D eigenvalue weighted by Crippen LogP contribution is 2.57. The van der Waals surface area contributed by atoms with Crippen LogP contribution in [0.25, 0.3) is 0 Å². The Morgan fingerprint density at radius 3 is 1.69 bits per heavy atom. The molecule has 3 aromatic rings. The zero-order valence-electron chi connectivity index (χ0n) is 19.3. The van der Waals surface area contributed by atoms with Crippen LogP contribution in [0.4, 0.5) is 4.79 Å². The molecule has 3 nitrogen and oxygen atoms in total. The van der Waals surface area contributed by atoms with Crippen LogP contribution in [0.1, 0.15) is 27.2 Å².